The highest BCUT2D eigenvalue weighted by atomic mass is 35.5. The number of carbonyl (C=O) groups is 2. The number of methoxy groups -OCH3 is 1. The van der Waals surface area contributed by atoms with E-state index in [0.717, 1.165) is 16.1 Å². The quantitative estimate of drug-likeness (QED) is 0.314. The second-order valence-electron chi connectivity index (χ2n) is 9.17. The first kappa shape index (κ1) is 28.9. The zero-order chi connectivity index (χ0) is 28.2. The molecule has 1 fully saturated rings. The summed E-state index contributed by atoms with van der Waals surface area (Å²) in [5.74, 6) is -1.60. The number of anilines is 1. The summed E-state index contributed by atoms with van der Waals surface area (Å²) in [5.41, 5.74) is 3.04. The molecule has 0 bridgehead atoms. The molecule has 0 aliphatic carbocycles. The number of piperidine rings is 1. The maximum absolute atomic E-state index is 12.9. The number of nitrogens with zero attached hydrogens (tertiary/aromatic N) is 1. The summed E-state index contributed by atoms with van der Waals surface area (Å²) in [4.78, 5) is 24.3. The van der Waals surface area contributed by atoms with Gasteiger partial charge in [0.1, 0.15) is 5.75 Å². The van der Waals surface area contributed by atoms with Gasteiger partial charge in [0, 0.05) is 40.3 Å². The Morgan fingerprint density at radius 2 is 1.85 bits per heavy atom. The summed E-state index contributed by atoms with van der Waals surface area (Å²) in [6.45, 7) is 2.04. The maximum Gasteiger partial charge on any atom is 0.351 e. The minimum absolute atomic E-state index is 0.0593. The van der Waals surface area contributed by atoms with Gasteiger partial charge in [0.25, 0.3) is 0 Å². The number of sulfonamides is 1. The van der Waals surface area contributed by atoms with E-state index in [1.54, 1.807) is 31.2 Å². The van der Waals surface area contributed by atoms with Crippen molar-refractivity contribution in [2.24, 2.45) is 0 Å². The van der Waals surface area contributed by atoms with Gasteiger partial charge in [-0.3, -0.25) is 0 Å². The van der Waals surface area contributed by atoms with Crippen molar-refractivity contribution >= 4 is 50.6 Å². The van der Waals surface area contributed by atoms with Crippen LogP contribution in [0.25, 0.3) is 10.4 Å². The van der Waals surface area contributed by atoms with E-state index in [2.05, 4.69) is 5.32 Å². The summed E-state index contributed by atoms with van der Waals surface area (Å²) < 4.78 is 37.7. The number of ether oxygens (including phenoxy) is 2. The zero-order valence-corrected chi connectivity index (χ0v) is 23.9. The molecule has 0 saturated carbocycles. The van der Waals surface area contributed by atoms with E-state index in [0.29, 0.717) is 42.1 Å². The average Bonchev–Trinajstić information content (AvgIpc) is 3.24. The third-order valence-electron chi connectivity index (χ3n) is 6.41. The molecule has 0 atom stereocenters. The van der Waals surface area contributed by atoms with E-state index < -0.39 is 28.6 Å². The van der Waals surface area contributed by atoms with Crippen LogP contribution in [0, 0.1) is 6.92 Å². The van der Waals surface area contributed by atoms with Crippen LogP contribution in [-0.2, 0) is 25.3 Å². The molecule has 9 nitrogen and oxygen atoms in total. The largest absolute Gasteiger partial charge is 0.480 e. The highest BCUT2D eigenvalue weighted by Crippen LogP contribution is 2.42. The van der Waals surface area contributed by atoms with Crippen LogP contribution in [0.3, 0.4) is 0 Å². The number of hydrogen-bond donors (Lipinski definition) is 2. The number of esters is 1. The smallest absolute Gasteiger partial charge is 0.351 e. The molecule has 4 rings (SSSR count). The van der Waals surface area contributed by atoms with Crippen molar-refractivity contribution in [3.05, 3.63) is 69.6 Å². The lowest BCUT2D eigenvalue weighted by Crippen LogP contribution is -2.42. The molecule has 1 saturated heterocycles. The molecular weight excluding hydrogens is 564 g/mol. The fourth-order valence-corrected chi connectivity index (χ4v) is 7.31. The topological polar surface area (TPSA) is 122 Å². The van der Waals surface area contributed by atoms with E-state index in [1.807, 2.05) is 24.3 Å². The van der Waals surface area contributed by atoms with Gasteiger partial charge in [-0.15, -0.1) is 11.3 Å². The maximum atomic E-state index is 12.9. The summed E-state index contributed by atoms with van der Waals surface area (Å²) in [6, 6.07) is 14.6. The van der Waals surface area contributed by atoms with E-state index in [-0.39, 0.29) is 22.4 Å². The van der Waals surface area contributed by atoms with Crippen LogP contribution < -0.4 is 10.1 Å². The Morgan fingerprint density at radius 1 is 1.15 bits per heavy atom. The molecule has 3 aromatic rings. The van der Waals surface area contributed by atoms with Gasteiger partial charge in [0.15, 0.2) is 11.5 Å². The molecule has 0 amide bonds. The van der Waals surface area contributed by atoms with Gasteiger partial charge in [0.05, 0.1) is 12.9 Å². The lowest BCUT2D eigenvalue weighted by molar-refractivity contribution is -0.139. The Hall–Kier alpha value is -3.12. The molecule has 2 heterocycles. The normalized spacial score (nSPS) is 14.6. The summed E-state index contributed by atoms with van der Waals surface area (Å²) >= 11 is 7.09. The van der Waals surface area contributed by atoms with Crippen LogP contribution in [0.15, 0.2) is 48.5 Å². The SMILES string of the molecule is COC(=O)c1sc(-c2cccc(NC3CCN(S(=O)(=O)Cc4ccc(Cl)cc4)CC3)c2)c(C)c1OCC(=O)O. The second-order valence-corrected chi connectivity index (χ2v) is 12.6. The monoisotopic (exact) mass is 592 g/mol. The number of aliphatic carboxylic acids is 1. The van der Waals surface area contributed by atoms with Crippen molar-refractivity contribution < 1.29 is 32.6 Å². The number of thiophene rings is 1. The Labute approximate surface area is 236 Å². The fraction of sp³-hybridized carbons (Fsp3) is 0.333. The number of nitrogens with one attached hydrogen (secondary N) is 1. The summed E-state index contributed by atoms with van der Waals surface area (Å²) in [5, 5.41) is 13.1. The van der Waals surface area contributed by atoms with Crippen LogP contribution in [0.2, 0.25) is 5.02 Å². The van der Waals surface area contributed by atoms with Crippen molar-refractivity contribution in [1.82, 2.24) is 4.31 Å². The van der Waals surface area contributed by atoms with Gasteiger partial charge >= 0.3 is 11.9 Å². The predicted molar refractivity (Wildman–Crippen MR) is 151 cm³/mol. The van der Waals surface area contributed by atoms with Crippen LogP contribution in [0.4, 0.5) is 5.69 Å². The van der Waals surface area contributed by atoms with E-state index in [9.17, 15) is 18.0 Å². The second kappa shape index (κ2) is 12.4. The van der Waals surface area contributed by atoms with Crippen LogP contribution in [0.1, 0.15) is 33.6 Å². The number of hydrogen-bond acceptors (Lipinski definition) is 8. The number of carbonyl (C=O) groups excluding carboxylic acids is 1. The lowest BCUT2D eigenvalue weighted by Gasteiger charge is -2.32. The van der Waals surface area contributed by atoms with E-state index >= 15 is 0 Å². The lowest BCUT2D eigenvalue weighted by atomic mass is 10.0. The van der Waals surface area contributed by atoms with Gasteiger partial charge in [-0.2, -0.15) is 0 Å². The molecule has 1 aliphatic rings. The molecule has 1 aromatic heterocycles. The standard InChI is InChI=1S/C27H29ClN2O7S2/c1-17-24(37-15-23(31)32)26(27(33)36-2)38-25(17)19-4-3-5-22(14-19)29-21-10-12-30(13-11-21)39(34,35)16-18-6-8-20(28)9-7-18/h3-9,14,21,29H,10-13,15-16H2,1-2H3,(H,31,32). The predicted octanol–water partition coefficient (Wildman–Crippen LogP) is 5.03. The minimum atomic E-state index is -3.44. The molecule has 2 aromatic carbocycles. The van der Waals surface area contributed by atoms with E-state index in [4.69, 9.17) is 26.2 Å². The van der Waals surface area contributed by atoms with Crippen molar-refractivity contribution in [1.29, 1.82) is 0 Å². The van der Waals surface area contributed by atoms with Crippen molar-refractivity contribution in [3.8, 4) is 16.2 Å². The first-order chi connectivity index (χ1) is 18.6. The third kappa shape index (κ3) is 7.10. The Balaban J connectivity index is 1.43. The van der Waals surface area contributed by atoms with Crippen LogP contribution in [0.5, 0.6) is 5.75 Å². The van der Waals surface area contributed by atoms with Crippen molar-refractivity contribution in [3.63, 3.8) is 0 Å². The summed E-state index contributed by atoms with van der Waals surface area (Å²) in [6.07, 6.45) is 1.31. The summed E-state index contributed by atoms with van der Waals surface area (Å²) in [7, 11) is -2.18. The first-order valence-electron chi connectivity index (χ1n) is 12.2. The van der Waals surface area contributed by atoms with Gasteiger partial charge in [0.2, 0.25) is 10.0 Å². The van der Waals surface area contributed by atoms with Gasteiger partial charge in [-0.1, -0.05) is 35.9 Å². The van der Waals surface area contributed by atoms with Gasteiger partial charge < -0.3 is 19.9 Å². The van der Waals surface area contributed by atoms with Gasteiger partial charge in [-0.05, 0) is 55.2 Å². The molecule has 208 valence electrons. The first-order valence-corrected chi connectivity index (χ1v) is 15.0. The van der Waals surface area contributed by atoms with Crippen LogP contribution in [-0.4, -0.2) is 62.6 Å². The van der Waals surface area contributed by atoms with Crippen molar-refractivity contribution in [2.75, 3.05) is 32.1 Å². The Bertz CT molecular complexity index is 1450. The Kier molecular flexibility index (Phi) is 9.16. The average molecular weight is 593 g/mol. The number of halogens is 1. The molecule has 0 unspecified atom stereocenters. The molecule has 1 aliphatic heterocycles. The third-order valence-corrected chi connectivity index (χ3v) is 9.81. The molecule has 39 heavy (non-hydrogen) atoms. The molecule has 2 N–H and O–H groups in total. The number of carboxylic acid groups (broad SMARTS) is 1. The fourth-order valence-electron chi connectivity index (χ4n) is 4.46. The highest BCUT2D eigenvalue weighted by Gasteiger charge is 2.28. The van der Waals surface area contributed by atoms with E-state index in [1.165, 1.54) is 22.8 Å². The van der Waals surface area contributed by atoms with Gasteiger partial charge in [-0.25, -0.2) is 22.3 Å². The highest BCUT2D eigenvalue weighted by molar-refractivity contribution is 7.88. The molecule has 12 heteroatoms. The Morgan fingerprint density at radius 3 is 2.49 bits per heavy atom. The molecular formula is C27H29ClN2O7S2. The van der Waals surface area contributed by atoms with Crippen molar-refractivity contribution in [2.45, 2.75) is 31.6 Å². The zero-order valence-electron chi connectivity index (χ0n) is 21.5. The number of rotatable bonds is 10. The van der Waals surface area contributed by atoms with Crippen LogP contribution >= 0.6 is 22.9 Å². The molecule has 0 spiro atoms. The molecule has 0 radical (unpaired) electrons. The number of benzene rings is 2. The minimum Gasteiger partial charge on any atom is -0.480 e. The number of carboxylic acids is 1.